The van der Waals surface area contributed by atoms with E-state index in [2.05, 4.69) is 17.9 Å². The minimum absolute atomic E-state index is 0.0588. The van der Waals surface area contributed by atoms with Gasteiger partial charge >= 0.3 is 0 Å². The highest BCUT2D eigenvalue weighted by molar-refractivity contribution is 7.80. The summed E-state index contributed by atoms with van der Waals surface area (Å²) in [5.74, 6) is 1.50. The molecule has 1 aromatic carbocycles. The number of hydrogen-bond donors (Lipinski definition) is 2. The van der Waals surface area contributed by atoms with E-state index in [-0.39, 0.29) is 5.91 Å². The molecule has 0 atom stereocenters. The maximum Gasteiger partial charge on any atom is 0.220 e. The molecule has 1 aromatic rings. The minimum Gasteiger partial charge on any atom is -0.497 e. The van der Waals surface area contributed by atoms with Gasteiger partial charge in [-0.3, -0.25) is 4.79 Å². The third-order valence-electron chi connectivity index (χ3n) is 2.23. The first-order chi connectivity index (χ1) is 7.76. The van der Waals surface area contributed by atoms with Crippen LogP contribution < -0.4 is 10.1 Å². The quantitative estimate of drug-likeness (QED) is 0.741. The summed E-state index contributed by atoms with van der Waals surface area (Å²) in [6.45, 7) is 0.666. The van der Waals surface area contributed by atoms with E-state index in [1.807, 2.05) is 24.3 Å². The number of nitrogens with one attached hydrogen (secondary N) is 1. The van der Waals surface area contributed by atoms with Crippen molar-refractivity contribution in [3.8, 4) is 5.75 Å². The Hall–Kier alpha value is -1.16. The summed E-state index contributed by atoms with van der Waals surface area (Å²) in [6.07, 6.45) is 1.31. The monoisotopic (exact) mass is 239 g/mol. The first-order valence-corrected chi connectivity index (χ1v) is 5.90. The van der Waals surface area contributed by atoms with Gasteiger partial charge in [-0.25, -0.2) is 0 Å². The maximum atomic E-state index is 11.2. The van der Waals surface area contributed by atoms with Gasteiger partial charge in [0.2, 0.25) is 5.91 Å². The molecule has 0 radical (unpaired) electrons. The van der Waals surface area contributed by atoms with Gasteiger partial charge in [-0.15, -0.1) is 0 Å². The number of rotatable bonds is 6. The van der Waals surface area contributed by atoms with Crippen LogP contribution in [-0.2, 0) is 11.2 Å². The fraction of sp³-hybridized carbons (Fsp3) is 0.417. The molecule has 1 N–H and O–H groups in total. The molecule has 0 unspecified atom stereocenters. The van der Waals surface area contributed by atoms with Gasteiger partial charge in [-0.2, -0.15) is 12.6 Å². The lowest BCUT2D eigenvalue weighted by Gasteiger charge is -2.05. The van der Waals surface area contributed by atoms with E-state index in [1.54, 1.807) is 7.11 Å². The first kappa shape index (κ1) is 12.9. The molecular formula is C12H17NO2S. The van der Waals surface area contributed by atoms with E-state index < -0.39 is 0 Å². The van der Waals surface area contributed by atoms with Crippen LogP contribution in [0.25, 0.3) is 0 Å². The first-order valence-electron chi connectivity index (χ1n) is 5.26. The van der Waals surface area contributed by atoms with Crippen molar-refractivity contribution in [2.24, 2.45) is 0 Å². The Morgan fingerprint density at radius 1 is 1.38 bits per heavy atom. The molecule has 0 bridgehead atoms. The Morgan fingerprint density at radius 3 is 2.62 bits per heavy atom. The Bertz CT molecular complexity index is 324. The summed E-state index contributed by atoms with van der Waals surface area (Å²) in [5, 5.41) is 2.84. The molecule has 0 fully saturated rings. The van der Waals surface area contributed by atoms with E-state index >= 15 is 0 Å². The molecule has 0 aliphatic heterocycles. The minimum atomic E-state index is 0.0588. The van der Waals surface area contributed by atoms with Crippen LogP contribution >= 0.6 is 12.6 Å². The molecule has 0 aliphatic carbocycles. The summed E-state index contributed by atoms with van der Waals surface area (Å²) in [5.41, 5.74) is 1.19. The molecule has 0 heterocycles. The number of methoxy groups -OCH3 is 1. The molecule has 0 aromatic heterocycles. The van der Waals surface area contributed by atoms with Gasteiger partial charge in [0.05, 0.1) is 7.11 Å². The zero-order valence-electron chi connectivity index (χ0n) is 9.40. The van der Waals surface area contributed by atoms with Gasteiger partial charge < -0.3 is 10.1 Å². The predicted octanol–water partition coefficient (Wildman–Crippen LogP) is 1.67. The fourth-order valence-corrected chi connectivity index (χ4v) is 1.53. The average molecular weight is 239 g/mol. The smallest absolute Gasteiger partial charge is 0.220 e. The van der Waals surface area contributed by atoms with Gasteiger partial charge in [-0.05, 0) is 29.9 Å². The zero-order valence-corrected chi connectivity index (χ0v) is 10.3. The van der Waals surface area contributed by atoms with E-state index in [4.69, 9.17) is 4.74 Å². The number of hydrogen-bond acceptors (Lipinski definition) is 3. The average Bonchev–Trinajstić information content (AvgIpc) is 2.30. The van der Waals surface area contributed by atoms with E-state index in [1.165, 1.54) is 5.56 Å². The highest BCUT2D eigenvalue weighted by atomic mass is 32.1. The molecule has 0 spiro atoms. The maximum absolute atomic E-state index is 11.2. The van der Waals surface area contributed by atoms with Gasteiger partial charge in [-0.1, -0.05) is 12.1 Å². The van der Waals surface area contributed by atoms with E-state index in [9.17, 15) is 4.79 Å². The highest BCUT2D eigenvalue weighted by Crippen LogP contribution is 2.11. The lowest BCUT2D eigenvalue weighted by atomic mass is 10.1. The molecular weight excluding hydrogens is 222 g/mol. The van der Waals surface area contributed by atoms with Crippen molar-refractivity contribution in [2.75, 3.05) is 19.4 Å². The Morgan fingerprint density at radius 2 is 2.06 bits per heavy atom. The van der Waals surface area contributed by atoms with Gasteiger partial charge in [0.25, 0.3) is 0 Å². The summed E-state index contributed by atoms with van der Waals surface area (Å²) in [4.78, 5) is 11.2. The number of benzene rings is 1. The van der Waals surface area contributed by atoms with Crippen molar-refractivity contribution >= 4 is 18.5 Å². The van der Waals surface area contributed by atoms with Crippen LogP contribution in [0.3, 0.4) is 0 Å². The zero-order chi connectivity index (χ0) is 11.8. The van der Waals surface area contributed by atoms with Crippen molar-refractivity contribution in [3.63, 3.8) is 0 Å². The molecule has 1 amide bonds. The second-order valence-corrected chi connectivity index (χ2v) is 3.87. The number of thiol groups is 1. The molecule has 16 heavy (non-hydrogen) atoms. The third-order valence-corrected chi connectivity index (χ3v) is 2.46. The Kier molecular flexibility index (Phi) is 5.78. The molecule has 88 valence electrons. The van der Waals surface area contributed by atoms with Crippen molar-refractivity contribution in [1.82, 2.24) is 5.32 Å². The third kappa shape index (κ3) is 4.57. The second-order valence-electron chi connectivity index (χ2n) is 3.42. The highest BCUT2D eigenvalue weighted by Gasteiger charge is 1.99. The van der Waals surface area contributed by atoms with E-state index in [0.717, 1.165) is 12.2 Å². The fourth-order valence-electron chi connectivity index (χ4n) is 1.33. The molecule has 0 aliphatic rings. The van der Waals surface area contributed by atoms with Crippen molar-refractivity contribution in [2.45, 2.75) is 12.8 Å². The standard InChI is InChI=1S/C12H17NO2S/c1-15-11-4-2-10(3-5-11)6-8-13-12(14)7-9-16/h2-5,16H,6-9H2,1H3,(H,13,14). The predicted molar refractivity (Wildman–Crippen MR) is 68.2 cm³/mol. The summed E-state index contributed by atoms with van der Waals surface area (Å²) in [6, 6.07) is 7.85. The number of ether oxygens (including phenoxy) is 1. The van der Waals surface area contributed by atoms with Crippen LogP contribution in [0.4, 0.5) is 0 Å². The molecule has 1 rings (SSSR count). The molecule has 0 saturated heterocycles. The van der Waals surface area contributed by atoms with Crippen LogP contribution in [0.2, 0.25) is 0 Å². The number of amides is 1. The van der Waals surface area contributed by atoms with Crippen LogP contribution in [0.1, 0.15) is 12.0 Å². The van der Waals surface area contributed by atoms with Crippen molar-refractivity contribution in [3.05, 3.63) is 29.8 Å². The molecule has 3 nitrogen and oxygen atoms in total. The Balaban J connectivity index is 2.29. The summed E-state index contributed by atoms with van der Waals surface area (Å²) >= 11 is 4.00. The number of carbonyl (C=O) groups is 1. The van der Waals surface area contributed by atoms with Crippen LogP contribution in [0.5, 0.6) is 5.75 Å². The summed E-state index contributed by atoms with van der Waals surface area (Å²) in [7, 11) is 1.65. The molecule has 0 saturated carbocycles. The van der Waals surface area contributed by atoms with Gasteiger partial charge in [0.1, 0.15) is 5.75 Å². The molecule has 4 heteroatoms. The summed E-state index contributed by atoms with van der Waals surface area (Å²) < 4.78 is 5.07. The lowest BCUT2D eigenvalue weighted by Crippen LogP contribution is -2.25. The van der Waals surface area contributed by atoms with Gasteiger partial charge in [0, 0.05) is 13.0 Å². The number of carbonyl (C=O) groups excluding carboxylic acids is 1. The largest absolute Gasteiger partial charge is 0.497 e. The lowest BCUT2D eigenvalue weighted by molar-refractivity contribution is -0.120. The van der Waals surface area contributed by atoms with Crippen molar-refractivity contribution in [1.29, 1.82) is 0 Å². The second kappa shape index (κ2) is 7.17. The topological polar surface area (TPSA) is 38.3 Å². The van der Waals surface area contributed by atoms with E-state index in [0.29, 0.717) is 18.7 Å². The SMILES string of the molecule is COc1ccc(CCNC(=O)CCS)cc1. The van der Waals surface area contributed by atoms with Crippen LogP contribution in [0, 0.1) is 0 Å². The van der Waals surface area contributed by atoms with Crippen LogP contribution in [0.15, 0.2) is 24.3 Å². The Labute approximate surface area is 102 Å². The van der Waals surface area contributed by atoms with Crippen LogP contribution in [-0.4, -0.2) is 25.3 Å². The normalized spacial score (nSPS) is 9.88. The van der Waals surface area contributed by atoms with Crippen molar-refractivity contribution < 1.29 is 9.53 Å². The van der Waals surface area contributed by atoms with Gasteiger partial charge in [0.15, 0.2) is 0 Å².